The van der Waals surface area contributed by atoms with Crippen LogP contribution in [0.2, 0.25) is 0 Å². The molecule has 0 radical (unpaired) electrons. The Morgan fingerprint density at radius 2 is 1.79 bits per heavy atom. The van der Waals surface area contributed by atoms with Crippen LogP contribution in [0.4, 0.5) is 5.69 Å². The van der Waals surface area contributed by atoms with Gasteiger partial charge in [-0.05, 0) is 31.4 Å². The molecule has 3 heterocycles. The summed E-state index contributed by atoms with van der Waals surface area (Å²) in [5.41, 5.74) is 3.15. The molecule has 2 fully saturated rings. The zero-order valence-corrected chi connectivity index (χ0v) is 17.1. The number of morpholine rings is 1. The molecule has 7 nitrogen and oxygen atoms in total. The molecule has 1 N–H and O–H groups in total. The van der Waals surface area contributed by atoms with Crippen molar-refractivity contribution in [1.82, 2.24) is 13.6 Å². The molecule has 0 unspecified atom stereocenters. The molecular formula is C20H28N4O3S. The maximum absolute atomic E-state index is 12.8. The van der Waals surface area contributed by atoms with E-state index in [1.807, 2.05) is 18.2 Å². The van der Waals surface area contributed by atoms with Gasteiger partial charge in [0.05, 0.1) is 18.7 Å². The summed E-state index contributed by atoms with van der Waals surface area (Å²) in [7, 11) is -3.38. The second-order valence-corrected chi connectivity index (χ2v) is 9.30. The Balaban J connectivity index is 1.44. The van der Waals surface area contributed by atoms with Gasteiger partial charge in [-0.2, -0.15) is 17.0 Å². The molecule has 2 aromatic rings. The molecule has 0 amide bonds. The first kappa shape index (κ1) is 19.6. The minimum absolute atomic E-state index is 0.256. The van der Waals surface area contributed by atoms with Gasteiger partial charge in [0.2, 0.25) is 0 Å². The molecule has 8 heteroatoms. The van der Waals surface area contributed by atoms with Crippen LogP contribution in [0.1, 0.15) is 25.5 Å². The number of rotatable bonds is 5. The maximum Gasteiger partial charge on any atom is 0.282 e. The van der Waals surface area contributed by atoms with Crippen molar-refractivity contribution in [1.29, 1.82) is 0 Å². The largest absolute Gasteiger partial charge is 0.382 e. The molecule has 0 atom stereocenters. The number of fused-ring (bicyclic) bond motifs is 1. The summed E-state index contributed by atoms with van der Waals surface area (Å²) in [6.07, 6.45) is 2.47. The summed E-state index contributed by atoms with van der Waals surface area (Å²) < 4.78 is 34.1. The minimum atomic E-state index is -3.38. The van der Waals surface area contributed by atoms with E-state index in [2.05, 4.69) is 24.4 Å². The Hall–Kier alpha value is -1.74. The number of nitrogens with zero attached hydrogens (tertiary/aromatic N) is 3. The van der Waals surface area contributed by atoms with Gasteiger partial charge in [0.15, 0.2) is 0 Å². The van der Waals surface area contributed by atoms with E-state index in [0.29, 0.717) is 39.4 Å². The number of benzene rings is 1. The summed E-state index contributed by atoms with van der Waals surface area (Å²) >= 11 is 0. The van der Waals surface area contributed by atoms with Gasteiger partial charge in [-0.1, -0.05) is 25.1 Å². The van der Waals surface area contributed by atoms with Gasteiger partial charge >= 0.3 is 0 Å². The number of hydrogen-bond acceptors (Lipinski definition) is 5. The van der Waals surface area contributed by atoms with Crippen LogP contribution < -0.4 is 5.32 Å². The minimum Gasteiger partial charge on any atom is -0.382 e. The lowest BCUT2D eigenvalue weighted by atomic mass is 10.0. The number of para-hydroxylation sites is 1. The van der Waals surface area contributed by atoms with Gasteiger partial charge < -0.3 is 10.1 Å². The molecule has 0 aliphatic carbocycles. The third-order valence-corrected chi connectivity index (χ3v) is 7.60. The molecule has 0 bridgehead atoms. The van der Waals surface area contributed by atoms with Crippen molar-refractivity contribution < 1.29 is 13.2 Å². The van der Waals surface area contributed by atoms with Crippen molar-refractivity contribution in [2.45, 2.75) is 32.2 Å². The number of aromatic nitrogens is 1. The standard InChI is InChI=1S/C20H28N4O3S/c1-2-16-15-20(18-5-3-4-6-19(18)21-16)22-17-7-9-23(10-8-17)28(25,26)24-11-13-27-14-12-24/h3-6,15,17H,2,7-14H2,1H3,(H,21,22). The average molecular weight is 405 g/mol. The second kappa shape index (κ2) is 8.32. The normalized spacial score (nSPS) is 20.5. The number of nitrogens with one attached hydrogen (secondary N) is 1. The fourth-order valence-electron chi connectivity index (χ4n) is 3.92. The van der Waals surface area contributed by atoms with Crippen molar-refractivity contribution in [3.05, 3.63) is 36.0 Å². The zero-order chi connectivity index (χ0) is 19.6. The highest BCUT2D eigenvalue weighted by Crippen LogP contribution is 2.27. The molecule has 2 aliphatic rings. The average Bonchev–Trinajstić information content (AvgIpc) is 2.74. The lowest BCUT2D eigenvalue weighted by molar-refractivity contribution is 0.0697. The summed E-state index contributed by atoms with van der Waals surface area (Å²) in [4.78, 5) is 4.70. The highest BCUT2D eigenvalue weighted by atomic mass is 32.2. The highest BCUT2D eigenvalue weighted by molar-refractivity contribution is 7.86. The van der Waals surface area contributed by atoms with Gasteiger partial charge in [-0.3, -0.25) is 4.98 Å². The van der Waals surface area contributed by atoms with Gasteiger partial charge in [0.25, 0.3) is 10.2 Å². The zero-order valence-electron chi connectivity index (χ0n) is 16.3. The molecule has 1 aromatic heterocycles. The van der Waals surface area contributed by atoms with E-state index in [0.717, 1.165) is 41.5 Å². The van der Waals surface area contributed by atoms with E-state index in [1.54, 1.807) is 8.61 Å². The van der Waals surface area contributed by atoms with Crippen LogP contribution in [0.15, 0.2) is 30.3 Å². The molecule has 28 heavy (non-hydrogen) atoms. The van der Waals surface area contributed by atoms with E-state index < -0.39 is 10.2 Å². The van der Waals surface area contributed by atoms with E-state index in [-0.39, 0.29) is 6.04 Å². The van der Waals surface area contributed by atoms with Crippen molar-refractivity contribution in [2.24, 2.45) is 0 Å². The van der Waals surface area contributed by atoms with Crippen LogP contribution in [0.3, 0.4) is 0 Å². The van der Waals surface area contributed by atoms with Crippen LogP contribution in [0.5, 0.6) is 0 Å². The van der Waals surface area contributed by atoms with E-state index >= 15 is 0 Å². The topological polar surface area (TPSA) is 74.8 Å². The number of piperidine rings is 1. The predicted molar refractivity (Wildman–Crippen MR) is 111 cm³/mol. The van der Waals surface area contributed by atoms with Crippen LogP contribution in [0, 0.1) is 0 Å². The summed E-state index contributed by atoms with van der Waals surface area (Å²) in [6, 6.07) is 10.5. The van der Waals surface area contributed by atoms with E-state index in [9.17, 15) is 8.42 Å². The monoisotopic (exact) mass is 404 g/mol. The first-order valence-corrected chi connectivity index (χ1v) is 11.5. The summed E-state index contributed by atoms with van der Waals surface area (Å²) in [5.74, 6) is 0. The second-order valence-electron chi connectivity index (χ2n) is 7.37. The van der Waals surface area contributed by atoms with Crippen molar-refractivity contribution in [3.63, 3.8) is 0 Å². The number of anilines is 1. The molecule has 0 saturated carbocycles. The third kappa shape index (κ3) is 4.00. The smallest absolute Gasteiger partial charge is 0.282 e. The molecule has 1 aromatic carbocycles. The number of pyridine rings is 1. The van der Waals surface area contributed by atoms with E-state index in [4.69, 9.17) is 9.72 Å². The predicted octanol–water partition coefficient (Wildman–Crippen LogP) is 2.25. The fourth-order valence-corrected chi connectivity index (χ4v) is 5.53. The Morgan fingerprint density at radius 1 is 1.11 bits per heavy atom. The number of aryl methyl sites for hydroxylation is 1. The summed E-state index contributed by atoms with van der Waals surface area (Å²) in [6.45, 7) is 5.04. The van der Waals surface area contributed by atoms with Crippen LogP contribution in [-0.4, -0.2) is 67.4 Å². The Labute approximate surface area is 166 Å². The first-order chi connectivity index (χ1) is 13.6. The lowest BCUT2D eigenvalue weighted by Gasteiger charge is -2.36. The van der Waals surface area contributed by atoms with Crippen molar-refractivity contribution >= 4 is 26.8 Å². The number of ether oxygens (including phenoxy) is 1. The molecule has 4 rings (SSSR count). The van der Waals surface area contributed by atoms with Gasteiger partial charge in [-0.25, -0.2) is 0 Å². The summed E-state index contributed by atoms with van der Waals surface area (Å²) in [5, 5.41) is 4.77. The highest BCUT2D eigenvalue weighted by Gasteiger charge is 2.33. The third-order valence-electron chi connectivity index (χ3n) is 5.57. The Kier molecular flexibility index (Phi) is 5.82. The van der Waals surface area contributed by atoms with Gasteiger partial charge in [-0.15, -0.1) is 0 Å². The van der Waals surface area contributed by atoms with E-state index in [1.165, 1.54) is 0 Å². The number of hydrogen-bond donors (Lipinski definition) is 1. The fraction of sp³-hybridized carbons (Fsp3) is 0.550. The quantitative estimate of drug-likeness (QED) is 0.827. The van der Waals surface area contributed by atoms with Crippen molar-refractivity contribution in [3.8, 4) is 0 Å². The Bertz CT molecular complexity index is 920. The molecule has 2 saturated heterocycles. The lowest BCUT2D eigenvalue weighted by Crippen LogP contribution is -2.51. The molecular weight excluding hydrogens is 376 g/mol. The molecule has 2 aliphatic heterocycles. The first-order valence-electron chi connectivity index (χ1n) is 10.1. The molecule has 152 valence electrons. The van der Waals surface area contributed by atoms with Crippen LogP contribution in [-0.2, 0) is 21.4 Å². The van der Waals surface area contributed by atoms with Crippen molar-refractivity contribution in [2.75, 3.05) is 44.7 Å². The van der Waals surface area contributed by atoms with Gasteiger partial charge in [0.1, 0.15) is 0 Å². The SMILES string of the molecule is CCc1cc(NC2CCN(S(=O)(=O)N3CCOCC3)CC2)c2ccccc2n1. The molecule has 0 spiro atoms. The van der Waals surface area contributed by atoms with Crippen LogP contribution >= 0.6 is 0 Å². The van der Waals surface area contributed by atoms with Crippen LogP contribution in [0.25, 0.3) is 10.9 Å². The Morgan fingerprint density at radius 3 is 2.50 bits per heavy atom. The maximum atomic E-state index is 12.8. The van der Waals surface area contributed by atoms with Gasteiger partial charge in [0, 0.05) is 49.0 Å².